The number of Topliss-reactive ketones (excluding diaryl/α,β-unsaturated/α-hetero) is 1. The average Bonchev–Trinajstić information content (AvgIpc) is 2.72. The molecular formula is C24H27ClN2O2. The summed E-state index contributed by atoms with van der Waals surface area (Å²) in [6, 6.07) is 14.2. The summed E-state index contributed by atoms with van der Waals surface area (Å²) >= 11 is 6.35. The van der Waals surface area contributed by atoms with E-state index >= 15 is 0 Å². The molecule has 1 amide bonds. The van der Waals surface area contributed by atoms with Gasteiger partial charge in [0.15, 0.2) is 5.78 Å². The first-order chi connectivity index (χ1) is 14.1. The molecule has 4 nitrogen and oxygen atoms in total. The van der Waals surface area contributed by atoms with Crippen molar-refractivity contribution in [1.29, 1.82) is 0 Å². The van der Waals surface area contributed by atoms with Gasteiger partial charge in [-0.05, 0) is 61.4 Å². The maximum Gasteiger partial charge on any atom is 0.224 e. The fourth-order valence-electron chi connectivity index (χ4n) is 4.48. The van der Waals surface area contributed by atoms with E-state index in [1.807, 2.05) is 6.07 Å². The Bertz CT molecular complexity index is 897. The number of halogens is 1. The lowest BCUT2D eigenvalue weighted by molar-refractivity contribution is -0.116. The zero-order valence-electron chi connectivity index (χ0n) is 16.6. The van der Waals surface area contributed by atoms with Crippen LogP contribution in [-0.2, 0) is 17.6 Å². The quantitative estimate of drug-likeness (QED) is 0.699. The van der Waals surface area contributed by atoms with Crippen LogP contribution in [0.3, 0.4) is 0 Å². The summed E-state index contributed by atoms with van der Waals surface area (Å²) < 4.78 is 0. The summed E-state index contributed by atoms with van der Waals surface area (Å²) in [5.41, 5.74) is 3.71. The Morgan fingerprint density at radius 1 is 1.17 bits per heavy atom. The van der Waals surface area contributed by atoms with Crippen LogP contribution in [0.2, 0.25) is 5.02 Å². The van der Waals surface area contributed by atoms with Gasteiger partial charge in [0.05, 0.1) is 5.02 Å². The molecule has 0 saturated carbocycles. The Morgan fingerprint density at radius 3 is 2.83 bits per heavy atom. The van der Waals surface area contributed by atoms with Crippen molar-refractivity contribution >= 4 is 29.0 Å². The third-order valence-electron chi connectivity index (χ3n) is 6.01. The van der Waals surface area contributed by atoms with Crippen molar-refractivity contribution in [1.82, 2.24) is 4.90 Å². The van der Waals surface area contributed by atoms with Crippen LogP contribution in [0.5, 0.6) is 0 Å². The van der Waals surface area contributed by atoms with Crippen molar-refractivity contribution in [3.8, 4) is 0 Å². The van der Waals surface area contributed by atoms with E-state index in [1.165, 1.54) is 18.4 Å². The predicted octanol–water partition coefficient (Wildman–Crippen LogP) is 4.75. The monoisotopic (exact) mass is 410 g/mol. The Morgan fingerprint density at radius 2 is 2.00 bits per heavy atom. The molecule has 2 aromatic carbocycles. The number of benzene rings is 2. The number of anilines is 1. The molecule has 0 aromatic heterocycles. The molecule has 1 fully saturated rings. The van der Waals surface area contributed by atoms with Gasteiger partial charge >= 0.3 is 0 Å². The van der Waals surface area contributed by atoms with Crippen LogP contribution in [0, 0.1) is 5.92 Å². The Hall–Kier alpha value is -2.17. The van der Waals surface area contributed by atoms with E-state index in [9.17, 15) is 9.59 Å². The number of aryl methyl sites for hydroxylation is 1. The molecule has 0 aliphatic carbocycles. The van der Waals surface area contributed by atoms with Gasteiger partial charge in [-0.25, -0.2) is 0 Å². The van der Waals surface area contributed by atoms with Crippen LogP contribution in [0.25, 0.3) is 0 Å². The van der Waals surface area contributed by atoms with Gasteiger partial charge in [0, 0.05) is 37.2 Å². The minimum absolute atomic E-state index is 0.00259. The number of likely N-dealkylation sites (tertiary alicyclic amines) is 1. The topological polar surface area (TPSA) is 49.4 Å². The van der Waals surface area contributed by atoms with Crippen molar-refractivity contribution in [3.05, 3.63) is 64.2 Å². The molecule has 4 rings (SSSR count). The summed E-state index contributed by atoms with van der Waals surface area (Å²) in [6.45, 7) is 2.88. The van der Waals surface area contributed by atoms with Crippen molar-refractivity contribution < 1.29 is 9.59 Å². The van der Waals surface area contributed by atoms with Gasteiger partial charge in [0.25, 0.3) is 0 Å². The molecule has 152 valence electrons. The van der Waals surface area contributed by atoms with Gasteiger partial charge in [-0.2, -0.15) is 0 Å². The summed E-state index contributed by atoms with van der Waals surface area (Å²) in [7, 11) is 0. The van der Waals surface area contributed by atoms with Crippen molar-refractivity contribution in [2.75, 3.05) is 25.0 Å². The molecule has 0 spiro atoms. The van der Waals surface area contributed by atoms with Crippen molar-refractivity contribution in [3.63, 3.8) is 0 Å². The van der Waals surface area contributed by atoms with E-state index in [4.69, 9.17) is 11.6 Å². The maximum absolute atomic E-state index is 12.8. The second-order valence-corrected chi connectivity index (χ2v) is 8.62. The first-order valence-electron chi connectivity index (χ1n) is 10.5. The lowest BCUT2D eigenvalue weighted by atomic mass is 9.91. The second kappa shape index (κ2) is 9.10. The zero-order chi connectivity index (χ0) is 20.2. The van der Waals surface area contributed by atoms with Crippen LogP contribution in [-0.4, -0.2) is 36.2 Å². The van der Waals surface area contributed by atoms with Gasteiger partial charge in [-0.15, -0.1) is 0 Å². The first kappa shape index (κ1) is 20.1. The van der Waals surface area contributed by atoms with Crippen LogP contribution in [0.15, 0.2) is 42.5 Å². The Balaban J connectivity index is 1.34. The zero-order valence-corrected chi connectivity index (χ0v) is 17.4. The highest BCUT2D eigenvalue weighted by Crippen LogP contribution is 2.30. The van der Waals surface area contributed by atoms with E-state index in [0.717, 1.165) is 37.3 Å². The van der Waals surface area contributed by atoms with Gasteiger partial charge in [-0.3, -0.25) is 9.59 Å². The molecular weight excluding hydrogens is 384 g/mol. The number of ketones is 1. The van der Waals surface area contributed by atoms with Crippen LogP contribution in [0.4, 0.5) is 5.69 Å². The smallest absolute Gasteiger partial charge is 0.224 e. The lowest BCUT2D eigenvalue weighted by Crippen LogP contribution is -2.37. The molecule has 1 atom stereocenters. The number of hydrogen-bond acceptors (Lipinski definition) is 3. The molecule has 1 saturated heterocycles. The van der Waals surface area contributed by atoms with Gasteiger partial charge in [-0.1, -0.05) is 41.9 Å². The SMILES string of the molecule is O=C1CCc2cc(C(=O)CCN3CCC[C@@H](Cc4ccccc4)C3)c(Cl)cc2N1. The van der Waals surface area contributed by atoms with Gasteiger partial charge in [0.1, 0.15) is 0 Å². The number of amides is 1. The number of carbonyl (C=O) groups excluding carboxylic acids is 2. The molecule has 29 heavy (non-hydrogen) atoms. The van der Waals surface area contributed by atoms with Crippen LogP contribution < -0.4 is 5.32 Å². The van der Waals surface area contributed by atoms with Crippen molar-refractivity contribution in [2.24, 2.45) is 5.92 Å². The highest BCUT2D eigenvalue weighted by atomic mass is 35.5. The summed E-state index contributed by atoms with van der Waals surface area (Å²) in [6.07, 6.45) is 5.13. The van der Waals surface area contributed by atoms with Gasteiger partial charge < -0.3 is 10.2 Å². The van der Waals surface area contributed by atoms with Crippen LogP contribution >= 0.6 is 11.6 Å². The molecule has 2 heterocycles. The minimum Gasteiger partial charge on any atom is -0.326 e. The fourth-order valence-corrected chi connectivity index (χ4v) is 4.75. The second-order valence-electron chi connectivity index (χ2n) is 8.21. The minimum atomic E-state index is 0.00259. The van der Waals surface area contributed by atoms with E-state index in [0.29, 0.717) is 35.8 Å². The molecule has 5 heteroatoms. The highest BCUT2D eigenvalue weighted by molar-refractivity contribution is 6.34. The molecule has 0 bridgehead atoms. The largest absolute Gasteiger partial charge is 0.326 e. The molecule has 2 aliphatic heterocycles. The number of carbonyl (C=O) groups is 2. The number of nitrogens with one attached hydrogen (secondary N) is 1. The third-order valence-corrected chi connectivity index (χ3v) is 6.33. The van der Waals surface area contributed by atoms with E-state index in [-0.39, 0.29) is 11.7 Å². The Labute approximate surface area is 177 Å². The average molecular weight is 411 g/mol. The number of rotatable bonds is 6. The van der Waals surface area contributed by atoms with E-state index in [1.54, 1.807) is 6.07 Å². The molecule has 0 unspecified atom stereocenters. The normalized spacial score (nSPS) is 19.5. The molecule has 1 N–H and O–H groups in total. The molecule has 2 aromatic rings. The number of hydrogen-bond donors (Lipinski definition) is 1. The number of piperidine rings is 1. The molecule has 0 radical (unpaired) electrons. The summed E-state index contributed by atoms with van der Waals surface area (Å²) in [4.78, 5) is 26.8. The predicted molar refractivity (Wildman–Crippen MR) is 117 cm³/mol. The maximum atomic E-state index is 12.8. The first-order valence-corrected chi connectivity index (χ1v) is 10.9. The summed E-state index contributed by atoms with van der Waals surface area (Å²) in [5, 5.41) is 3.26. The lowest BCUT2D eigenvalue weighted by Gasteiger charge is -2.32. The number of fused-ring (bicyclic) bond motifs is 1. The van der Waals surface area contributed by atoms with E-state index < -0.39 is 0 Å². The standard InChI is InChI=1S/C24H27ClN2O2/c25-21-15-22-19(8-9-24(29)26-22)14-20(21)23(28)10-12-27-11-4-7-18(16-27)13-17-5-2-1-3-6-17/h1-3,5-6,14-15,18H,4,7-13,16H2,(H,26,29)/t18-/m0/s1. The van der Waals surface area contributed by atoms with Crippen molar-refractivity contribution in [2.45, 2.75) is 38.5 Å². The number of nitrogens with zero attached hydrogens (tertiary/aromatic N) is 1. The third kappa shape index (κ3) is 5.06. The van der Waals surface area contributed by atoms with Crippen LogP contribution in [0.1, 0.15) is 47.2 Å². The summed E-state index contributed by atoms with van der Waals surface area (Å²) in [5.74, 6) is 0.736. The Kier molecular flexibility index (Phi) is 6.31. The van der Waals surface area contributed by atoms with E-state index in [2.05, 4.69) is 40.5 Å². The molecule has 2 aliphatic rings. The van der Waals surface area contributed by atoms with Gasteiger partial charge in [0.2, 0.25) is 5.91 Å². The fraction of sp³-hybridized carbons (Fsp3) is 0.417. The highest BCUT2D eigenvalue weighted by Gasteiger charge is 2.23.